The van der Waals surface area contributed by atoms with Crippen molar-refractivity contribution < 1.29 is 23.9 Å². The maximum Gasteiger partial charge on any atom is 0.413 e. The number of ether oxygens (including phenoxy) is 2. The molecule has 1 aromatic rings. The van der Waals surface area contributed by atoms with Gasteiger partial charge >= 0.3 is 12.1 Å². The SMILES string of the molecule is COC(=O)Cn1nnnc1SCC(=O)NC(=O)OC. The maximum absolute atomic E-state index is 11.3. The molecule has 0 aliphatic rings. The number of carbonyl (C=O) groups excluding carboxylic acids is 3. The molecule has 11 heteroatoms. The van der Waals surface area contributed by atoms with E-state index in [0.29, 0.717) is 0 Å². The highest BCUT2D eigenvalue weighted by Crippen LogP contribution is 2.12. The van der Waals surface area contributed by atoms with Crippen molar-refractivity contribution in [1.82, 2.24) is 25.5 Å². The van der Waals surface area contributed by atoms with Crippen molar-refractivity contribution in [3.63, 3.8) is 0 Å². The average Bonchev–Trinajstić information content (AvgIpc) is 2.83. The number of carbonyl (C=O) groups is 3. The molecule has 19 heavy (non-hydrogen) atoms. The third-order valence-electron chi connectivity index (χ3n) is 1.76. The number of rotatable bonds is 5. The van der Waals surface area contributed by atoms with Crippen molar-refractivity contribution >= 4 is 29.7 Å². The quantitative estimate of drug-likeness (QED) is 0.526. The van der Waals surface area contributed by atoms with Crippen molar-refractivity contribution in [1.29, 1.82) is 0 Å². The Morgan fingerprint density at radius 3 is 2.68 bits per heavy atom. The highest BCUT2D eigenvalue weighted by atomic mass is 32.2. The van der Waals surface area contributed by atoms with Crippen LogP contribution in [0.15, 0.2) is 5.16 Å². The smallest absolute Gasteiger partial charge is 0.413 e. The number of nitrogens with one attached hydrogen (secondary N) is 1. The van der Waals surface area contributed by atoms with Gasteiger partial charge in [0.15, 0.2) is 0 Å². The Labute approximate surface area is 111 Å². The van der Waals surface area contributed by atoms with Gasteiger partial charge in [-0.3, -0.25) is 14.9 Å². The van der Waals surface area contributed by atoms with E-state index in [4.69, 9.17) is 0 Å². The Morgan fingerprint density at radius 2 is 2.05 bits per heavy atom. The minimum Gasteiger partial charge on any atom is -0.468 e. The van der Waals surface area contributed by atoms with Crippen LogP contribution in [0, 0.1) is 0 Å². The molecule has 0 radical (unpaired) electrons. The first-order valence-electron chi connectivity index (χ1n) is 4.90. The fraction of sp³-hybridized carbons (Fsp3) is 0.500. The predicted molar refractivity (Wildman–Crippen MR) is 61.1 cm³/mol. The van der Waals surface area contributed by atoms with Crippen LogP contribution < -0.4 is 5.32 Å². The van der Waals surface area contributed by atoms with Crippen LogP contribution in [0.4, 0.5) is 4.79 Å². The van der Waals surface area contributed by atoms with E-state index in [1.807, 2.05) is 5.32 Å². The standard InChI is InChI=1S/C8H11N5O5S/c1-17-6(15)3-13-7(10-11-12-13)19-4-5(14)9-8(16)18-2/h3-4H2,1-2H3,(H,9,14,16). The number of hydrogen-bond acceptors (Lipinski definition) is 9. The van der Waals surface area contributed by atoms with Crippen molar-refractivity contribution in [2.75, 3.05) is 20.0 Å². The third kappa shape index (κ3) is 4.91. The van der Waals surface area contributed by atoms with Crippen LogP contribution in [0.25, 0.3) is 0 Å². The molecule has 0 bridgehead atoms. The molecule has 0 spiro atoms. The number of esters is 1. The second kappa shape index (κ2) is 7.31. The second-order valence-corrected chi connectivity index (χ2v) is 3.97. The summed E-state index contributed by atoms with van der Waals surface area (Å²) in [6.07, 6.45) is -0.847. The predicted octanol–water partition coefficient (Wildman–Crippen LogP) is -1.18. The Bertz CT molecular complexity index is 476. The molecular formula is C8H11N5O5S. The van der Waals surface area contributed by atoms with E-state index in [2.05, 4.69) is 25.0 Å². The lowest BCUT2D eigenvalue weighted by Gasteiger charge is -2.03. The fourth-order valence-electron chi connectivity index (χ4n) is 0.917. The van der Waals surface area contributed by atoms with Gasteiger partial charge in [-0.2, -0.15) is 0 Å². The van der Waals surface area contributed by atoms with Crippen LogP contribution in [0.3, 0.4) is 0 Å². The average molecular weight is 289 g/mol. The summed E-state index contributed by atoms with van der Waals surface area (Å²) in [6, 6.07) is 0. The molecule has 0 atom stereocenters. The van der Waals surface area contributed by atoms with Crippen LogP contribution >= 0.6 is 11.8 Å². The van der Waals surface area contributed by atoms with Gasteiger partial charge in [0, 0.05) is 0 Å². The van der Waals surface area contributed by atoms with E-state index in [-0.39, 0.29) is 17.5 Å². The van der Waals surface area contributed by atoms with Gasteiger partial charge in [0.05, 0.1) is 20.0 Å². The van der Waals surface area contributed by atoms with Crippen LogP contribution in [0.1, 0.15) is 0 Å². The highest BCUT2D eigenvalue weighted by Gasteiger charge is 2.14. The van der Waals surface area contributed by atoms with Crippen LogP contribution in [-0.2, 0) is 25.6 Å². The van der Waals surface area contributed by atoms with E-state index in [0.717, 1.165) is 18.9 Å². The van der Waals surface area contributed by atoms with Crippen LogP contribution in [-0.4, -0.2) is 58.1 Å². The molecule has 0 aromatic carbocycles. The second-order valence-electron chi connectivity index (χ2n) is 3.02. The van der Waals surface area contributed by atoms with Crippen LogP contribution in [0.2, 0.25) is 0 Å². The van der Waals surface area contributed by atoms with Crippen molar-refractivity contribution in [3.8, 4) is 0 Å². The van der Waals surface area contributed by atoms with Gasteiger partial charge < -0.3 is 9.47 Å². The van der Waals surface area contributed by atoms with Crippen LogP contribution in [0.5, 0.6) is 0 Å². The summed E-state index contributed by atoms with van der Waals surface area (Å²) >= 11 is 0.966. The molecule has 1 rings (SSSR count). The molecule has 0 aliphatic carbocycles. The topological polar surface area (TPSA) is 125 Å². The van der Waals surface area contributed by atoms with Gasteiger partial charge in [-0.1, -0.05) is 11.8 Å². The molecule has 0 aliphatic heterocycles. The van der Waals surface area contributed by atoms with E-state index in [1.165, 1.54) is 11.8 Å². The lowest BCUT2D eigenvalue weighted by atomic mass is 10.7. The maximum atomic E-state index is 11.3. The van der Waals surface area contributed by atoms with E-state index >= 15 is 0 Å². The number of thioether (sulfide) groups is 1. The first-order chi connectivity index (χ1) is 9.06. The number of alkyl carbamates (subject to hydrolysis) is 1. The zero-order valence-electron chi connectivity index (χ0n) is 10.2. The molecule has 104 valence electrons. The van der Waals surface area contributed by atoms with Gasteiger partial charge in [-0.15, -0.1) is 5.10 Å². The first-order valence-corrected chi connectivity index (χ1v) is 5.89. The van der Waals surface area contributed by atoms with Gasteiger partial charge in [-0.05, 0) is 10.4 Å². The highest BCUT2D eigenvalue weighted by molar-refractivity contribution is 7.99. The molecule has 2 amide bonds. The summed E-state index contributed by atoms with van der Waals surface area (Å²) in [5.41, 5.74) is 0. The normalized spacial score (nSPS) is 9.79. The van der Waals surface area contributed by atoms with Gasteiger partial charge in [0.25, 0.3) is 0 Å². The minimum absolute atomic E-state index is 0.101. The van der Waals surface area contributed by atoms with Gasteiger partial charge in [0.2, 0.25) is 11.1 Å². The minimum atomic E-state index is -0.847. The number of nitrogens with zero attached hydrogens (tertiary/aromatic N) is 4. The summed E-state index contributed by atoms with van der Waals surface area (Å²) in [7, 11) is 2.38. The monoisotopic (exact) mass is 289 g/mol. The number of aromatic nitrogens is 4. The van der Waals surface area contributed by atoms with Crippen molar-refractivity contribution in [2.24, 2.45) is 0 Å². The lowest BCUT2D eigenvalue weighted by Crippen LogP contribution is -2.31. The van der Waals surface area contributed by atoms with Gasteiger partial charge in [-0.25, -0.2) is 9.48 Å². The fourth-order valence-corrected chi connectivity index (χ4v) is 1.59. The van der Waals surface area contributed by atoms with Crippen molar-refractivity contribution in [3.05, 3.63) is 0 Å². The largest absolute Gasteiger partial charge is 0.468 e. The Hall–Kier alpha value is -2.17. The van der Waals surface area contributed by atoms with Crippen molar-refractivity contribution in [2.45, 2.75) is 11.7 Å². The molecule has 0 saturated carbocycles. The van der Waals surface area contributed by atoms with E-state index < -0.39 is 18.0 Å². The third-order valence-corrected chi connectivity index (χ3v) is 2.72. The number of methoxy groups -OCH3 is 2. The summed E-state index contributed by atoms with van der Waals surface area (Å²) in [5.74, 6) is -1.19. The first kappa shape index (κ1) is 14.9. The number of tetrazole rings is 1. The Morgan fingerprint density at radius 1 is 1.32 bits per heavy atom. The zero-order chi connectivity index (χ0) is 14.3. The summed E-state index contributed by atoms with van der Waals surface area (Å²) < 4.78 is 9.91. The molecule has 10 nitrogen and oxygen atoms in total. The molecule has 0 unspecified atom stereocenters. The van der Waals surface area contributed by atoms with E-state index in [1.54, 1.807) is 0 Å². The lowest BCUT2D eigenvalue weighted by molar-refractivity contribution is -0.141. The van der Waals surface area contributed by atoms with E-state index in [9.17, 15) is 14.4 Å². The number of hydrogen-bond donors (Lipinski definition) is 1. The molecule has 1 N–H and O–H groups in total. The summed E-state index contributed by atoms with van der Waals surface area (Å²) in [6.45, 7) is -0.162. The number of imide groups is 1. The molecule has 0 saturated heterocycles. The molecular weight excluding hydrogens is 278 g/mol. The van der Waals surface area contributed by atoms with Gasteiger partial charge in [0.1, 0.15) is 6.54 Å². The Kier molecular flexibility index (Phi) is 5.73. The summed E-state index contributed by atoms with van der Waals surface area (Å²) in [5, 5.41) is 12.8. The molecule has 1 aromatic heterocycles. The zero-order valence-corrected chi connectivity index (χ0v) is 11.0. The number of amides is 2. The molecule has 1 heterocycles. The summed E-state index contributed by atoms with van der Waals surface area (Å²) in [4.78, 5) is 33.1. The Balaban J connectivity index is 2.49. The molecule has 0 fully saturated rings.